The molecule has 72 valence electrons. The molecule has 1 amide bonds. The van der Waals surface area contributed by atoms with Crippen molar-refractivity contribution in [1.82, 2.24) is 5.48 Å². The van der Waals surface area contributed by atoms with Crippen LogP contribution < -0.4 is 5.48 Å². The molecule has 1 rings (SSSR count). The maximum Gasteiger partial charge on any atom is 0.276 e. The van der Waals surface area contributed by atoms with Gasteiger partial charge in [-0.3, -0.25) is 9.63 Å². The molecule has 0 unspecified atom stereocenters. The molecule has 0 saturated carbocycles. The van der Waals surface area contributed by atoms with Crippen molar-refractivity contribution in [2.24, 2.45) is 0 Å². The van der Waals surface area contributed by atoms with E-state index in [0.29, 0.717) is 12.2 Å². The Kier molecular flexibility index (Phi) is 4.37. The van der Waals surface area contributed by atoms with E-state index in [1.54, 1.807) is 13.0 Å². The van der Waals surface area contributed by atoms with Crippen LogP contribution in [0.1, 0.15) is 17.3 Å². The van der Waals surface area contributed by atoms with E-state index in [1.165, 1.54) is 11.3 Å². The summed E-state index contributed by atoms with van der Waals surface area (Å²) in [6.45, 7) is 2.26. The van der Waals surface area contributed by atoms with E-state index >= 15 is 0 Å². The van der Waals surface area contributed by atoms with Crippen LogP contribution in [0.25, 0.3) is 0 Å². The van der Waals surface area contributed by atoms with Crippen LogP contribution in [-0.4, -0.2) is 12.5 Å². The van der Waals surface area contributed by atoms with Crippen molar-refractivity contribution in [2.75, 3.05) is 6.61 Å². The van der Waals surface area contributed by atoms with Crippen LogP contribution in [0.4, 0.5) is 0 Å². The zero-order chi connectivity index (χ0) is 9.84. The highest BCUT2D eigenvalue weighted by atomic mass is 79.9. The van der Waals surface area contributed by atoms with Gasteiger partial charge in [-0.25, -0.2) is 5.48 Å². The number of hydroxylamine groups is 1. The van der Waals surface area contributed by atoms with Gasteiger partial charge in [0.15, 0.2) is 0 Å². The third-order valence-electron chi connectivity index (χ3n) is 1.21. The average molecular weight is 329 g/mol. The monoisotopic (exact) mass is 327 g/mol. The van der Waals surface area contributed by atoms with Gasteiger partial charge in [0, 0.05) is 0 Å². The first-order chi connectivity index (χ1) is 6.15. The minimum Gasteiger partial charge on any atom is -0.274 e. The number of carbonyl (C=O) groups excluding carboxylic acids is 1. The van der Waals surface area contributed by atoms with Gasteiger partial charge in [0.1, 0.15) is 0 Å². The van der Waals surface area contributed by atoms with E-state index in [1.807, 2.05) is 0 Å². The minimum absolute atomic E-state index is 0.240. The summed E-state index contributed by atoms with van der Waals surface area (Å²) < 4.78 is 1.69. The zero-order valence-corrected chi connectivity index (χ0v) is 10.8. The minimum atomic E-state index is -0.240. The second-order valence-electron chi connectivity index (χ2n) is 2.10. The number of halogens is 2. The van der Waals surface area contributed by atoms with E-state index in [2.05, 4.69) is 37.3 Å². The molecule has 3 nitrogen and oxygen atoms in total. The van der Waals surface area contributed by atoms with Crippen molar-refractivity contribution in [3.05, 3.63) is 19.2 Å². The predicted octanol–water partition coefficient (Wildman–Crippen LogP) is 2.95. The molecular weight excluding hydrogens is 322 g/mol. The molecule has 0 fully saturated rings. The summed E-state index contributed by atoms with van der Waals surface area (Å²) in [5, 5.41) is 0. The van der Waals surface area contributed by atoms with Crippen LogP contribution in [0, 0.1) is 0 Å². The van der Waals surface area contributed by atoms with Gasteiger partial charge in [-0.05, 0) is 44.8 Å². The quantitative estimate of drug-likeness (QED) is 0.866. The fourth-order valence-corrected chi connectivity index (χ4v) is 3.48. The molecule has 0 atom stereocenters. The number of hydrogen-bond acceptors (Lipinski definition) is 3. The lowest BCUT2D eigenvalue weighted by molar-refractivity contribution is 0.0364. The topological polar surface area (TPSA) is 38.3 Å². The third kappa shape index (κ3) is 3.05. The van der Waals surface area contributed by atoms with Gasteiger partial charge < -0.3 is 0 Å². The summed E-state index contributed by atoms with van der Waals surface area (Å²) in [7, 11) is 0. The maximum absolute atomic E-state index is 11.4. The van der Waals surface area contributed by atoms with Crippen LogP contribution in [0.5, 0.6) is 0 Å². The molecular formula is C7H7Br2NO2S. The zero-order valence-electron chi connectivity index (χ0n) is 6.77. The van der Waals surface area contributed by atoms with Crippen LogP contribution in [0.3, 0.4) is 0 Å². The molecule has 0 saturated heterocycles. The van der Waals surface area contributed by atoms with Crippen molar-refractivity contribution >= 4 is 49.1 Å². The van der Waals surface area contributed by atoms with Gasteiger partial charge in [0.25, 0.3) is 5.91 Å². The molecule has 6 heteroatoms. The molecule has 0 aliphatic heterocycles. The Bertz CT molecular complexity index is 313. The van der Waals surface area contributed by atoms with Crippen molar-refractivity contribution in [3.8, 4) is 0 Å². The highest BCUT2D eigenvalue weighted by molar-refractivity contribution is 9.12. The molecule has 1 N–H and O–H groups in total. The third-order valence-corrected chi connectivity index (χ3v) is 3.55. The Hall–Kier alpha value is 0.0900. The largest absolute Gasteiger partial charge is 0.276 e. The number of amides is 1. The van der Waals surface area contributed by atoms with E-state index < -0.39 is 0 Å². The first-order valence-electron chi connectivity index (χ1n) is 3.52. The smallest absolute Gasteiger partial charge is 0.274 e. The lowest BCUT2D eigenvalue weighted by Crippen LogP contribution is -2.23. The molecule has 0 aliphatic carbocycles. The summed E-state index contributed by atoms with van der Waals surface area (Å²) in [4.78, 5) is 16.1. The number of hydrogen-bond donors (Lipinski definition) is 1. The molecule has 0 spiro atoms. The number of thiophene rings is 1. The molecule has 0 aliphatic rings. The Balaban J connectivity index is 2.70. The maximum atomic E-state index is 11.4. The number of carbonyl (C=O) groups is 1. The molecule has 13 heavy (non-hydrogen) atoms. The molecule has 1 heterocycles. The standard InChI is InChI=1S/C7H7Br2NO2S/c1-2-12-10-7(11)4-3-5(8)13-6(4)9/h3H,2H2,1H3,(H,10,11). The van der Waals surface area contributed by atoms with Gasteiger partial charge in [-0.1, -0.05) is 0 Å². The Morgan fingerprint density at radius 3 is 2.85 bits per heavy atom. The lowest BCUT2D eigenvalue weighted by atomic mass is 10.3. The van der Waals surface area contributed by atoms with Crippen molar-refractivity contribution < 1.29 is 9.63 Å². The first kappa shape index (κ1) is 11.2. The molecule has 1 aromatic heterocycles. The average Bonchev–Trinajstić information content (AvgIpc) is 2.41. The normalized spacial score (nSPS) is 10.1. The lowest BCUT2D eigenvalue weighted by Gasteiger charge is -2.01. The van der Waals surface area contributed by atoms with E-state index in [4.69, 9.17) is 4.84 Å². The van der Waals surface area contributed by atoms with Crippen molar-refractivity contribution in [1.29, 1.82) is 0 Å². The molecule has 0 aromatic carbocycles. The fraction of sp³-hybridized carbons (Fsp3) is 0.286. The summed E-state index contributed by atoms with van der Waals surface area (Å²) in [6, 6.07) is 1.74. The predicted molar refractivity (Wildman–Crippen MR) is 58.8 cm³/mol. The number of nitrogens with one attached hydrogen (secondary N) is 1. The van der Waals surface area contributed by atoms with Crippen LogP contribution in [-0.2, 0) is 4.84 Å². The van der Waals surface area contributed by atoms with Crippen molar-refractivity contribution in [2.45, 2.75) is 6.92 Å². The fourth-order valence-electron chi connectivity index (χ4n) is 0.688. The summed E-state index contributed by atoms with van der Waals surface area (Å²) in [5.74, 6) is -0.240. The highest BCUT2D eigenvalue weighted by Gasteiger charge is 2.12. The van der Waals surface area contributed by atoms with Gasteiger partial charge in [-0.2, -0.15) is 0 Å². The second kappa shape index (κ2) is 5.09. The Labute approximate surface area is 96.7 Å². The van der Waals surface area contributed by atoms with Gasteiger partial charge in [-0.15, -0.1) is 11.3 Å². The Morgan fingerprint density at radius 2 is 2.38 bits per heavy atom. The van der Waals surface area contributed by atoms with Gasteiger partial charge in [0.05, 0.1) is 19.7 Å². The first-order valence-corrected chi connectivity index (χ1v) is 5.92. The van der Waals surface area contributed by atoms with Gasteiger partial charge in [0.2, 0.25) is 0 Å². The van der Waals surface area contributed by atoms with E-state index in [9.17, 15) is 4.79 Å². The highest BCUT2D eigenvalue weighted by Crippen LogP contribution is 2.31. The Morgan fingerprint density at radius 1 is 1.69 bits per heavy atom. The summed E-state index contributed by atoms with van der Waals surface area (Å²) in [5.41, 5.74) is 2.89. The summed E-state index contributed by atoms with van der Waals surface area (Å²) >= 11 is 8.02. The number of rotatable bonds is 3. The van der Waals surface area contributed by atoms with Gasteiger partial charge >= 0.3 is 0 Å². The van der Waals surface area contributed by atoms with Crippen molar-refractivity contribution in [3.63, 3.8) is 0 Å². The molecule has 1 aromatic rings. The van der Waals surface area contributed by atoms with Crippen LogP contribution in [0.15, 0.2) is 13.6 Å². The second-order valence-corrected chi connectivity index (χ2v) is 5.85. The molecule has 0 radical (unpaired) electrons. The summed E-state index contributed by atoms with van der Waals surface area (Å²) in [6.07, 6.45) is 0. The van der Waals surface area contributed by atoms with E-state index in [0.717, 1.165) is 7.57 Å². The van der Waals surface area contributed by atoms with Crippen LogP contribution >= 0.6 is 43.2 Å². The van der Waals surface area contributed by atoms with Crippen LogP contribution in [0.2, 0.25) is 0 Å². The van der Waals surface area contributed by atoms with E-state index in [-0.39, 0.29) is 5.91 Å². The molecule has 0 bridgehead atoms. The SMILES string of the molecule is CCONC(=O)c1cc(Br)sc1Br.